The molecule has 3 heterocycles. The minimum Gasteiger partial charge on any atom is -0.484 e. The molecule has 6 atom stereocenters. The summed E-state index contributed by atoms with van der Waals surface area (Å²) in [5, 5.41) is 10.9. The number of carbonyl (C=O) groups is 3. The Balaban J connectivity index is 1.94. The number of ether oxygens (including phenoxy) is 2. The van der Waals surface area contributed by atoms with E-state index in [4.69, 9.17) is 9.47 Å². The van der Waals surface area contributed by atoms with Crippen LogP contribution in [0.25, 0.3) is 0 Å². The Morgan fingerprint density at radius 1 is 1.20 bits per heavy atom. The van der Waals surface area contributed by atoms with E-state index in [0.29, 0.717) is 12.8 Å². The van der Waals surface area contributed by atoms with Crippen molar-refractivity contribution in [3.05, 3.63) is 23.5 Å². The number of allylic oxidation sites excluding steroid dienone is 1. The van der Waals surface area contributed by atoms with E-state index < -0.39 is 29.2 Å². The van der Waals surface area contributed by atoms with Crippen LogP contribution in [0, 0.1) is 17.8 Å². The Labute approximate surface area is 145 Å². The fourth-order valence-corrected chi connectivity index (χ4v) is 4.61. The number of fused-ring (bicyclic) bond motifs is 1. The second-order valence-electron chi connectivity index (χ2n) is 7.97. The first kappa shape index (κ1) is 16.5. The predicted molar refractivity (Wildman–Crippen MR) is 86.2 cm³/mol. The van der Waals surface area contributed by atoms with Gasteiger partial charge in [0.25, 0.3) is 0 Å². The van der Waals surface area contributed by atoms with Crippen LogP contribution in [0.3, 0.4) is 0 Å². The molecule has 1 spiro atoms. The number of esters is 1. The van der Waals surface area contributed by atoms with Gasteiger partial charge in [0.05, 0.1) is 5.92 Å². The van der Waals surface area contributed by atoms with Crippen molar-refractivity contribution < 1.29 is 29.0 Å². The van der Waals surface area contributed by atoms with E-state index in [1.807, 2.05) is 6.92 Å². The smallest absolute Gasteiger partial charge is 0.346 e. The van der Waals surface area contributed by atoms with E-state index in [9.17, 15) is 19.5 Å². The van der Waals surface area contributed by atoms with Crippen LogP contribution >= 0.6 is 0 Å². The first-order chi connectivity index (χ1) is 11.7. The van der Waals surface area contributed by atoms with Crippen LogP contribution in [0.4, 0.5) is 0 Å². The number of rotatable bonds is 0. The fourth-order valence-electron chi connectivity index (χ4n) is 4.61. The van der Waals surface area contributed by atoms with Gasteiger partial charge in [0, 0.05) is 24.7 Å². The topological polar surface area (TPSA) is 89.9 Å². The molecule has 6 nitrogen and oxygen atoms in total. The molecule has 0 aromatic carbocycles. The lowest BCUT2D eigenvalue weighted by molar-refractivity contribution is -0.262. The highest BCUT2D eigenvalue weighted by molar-refractivity contribution is 6.19. The second-order valence-corrected chi connectivity index (χ2v) is 7.97. The summed E-state index contributed by atoms with van der Waals surface area (Å²) in [4.78, 5) is 37.5. The average Bonchev–Trinajstić information content (AvgIpc) is 2.82. The molecule has 2 saturated heterocycles. The summed E-state index contributed by atoms with van der Waals surface area (Å²) in [6.45, 7) is 5.48. The fraction of sp³-hybridized carbons (Fsp3) is 0.632. The molecule has 2 aliphatic carbocycles. The van der Waals surface area contributed by atoms with E-state index >= 15 is 0 Å². The highest BCUT2D eigenvalue weighted by Gasteiger charge is 2.70. The van der Waals surface area contributed by atoms with Gasteiger partial charge < -0.3 is 14.6 Å². The zero-order valence-corrected chi connectivity index (χ0v) is 14.6. The Hall–Kier alpha value is -1.95. The van der Waals surface area contributed by atoms with Crippen LogP contribution < -0.4 is 0 Å². The molecule has 25 heavy (non-hydrogen) atoms. The highest BCUT2D eigenvalue weighted by atomic mass is 16.6. The normalized spacial score (nSPS) is 47.3. The van der Waals surface area contributed by atoms with Gasteiger partial charge in [0.2, 0.25) is 0 Å². The molecular formula is C19H22O6. The van der Waals surface area contributed by atoms with E-state index in [-0.39, 0.29) is 41.2 Å². The van der Waals surface area contributed by atoms with Crippen LogP contribution in [-0.4, -0.2) is 39.9 Å². The van der Waals surface area contributed by atoms with Crippen LogP contribution in [-0.2, 0) is 23.9 Å². The lowest BCUT2D eigenvalue weighted by Gasteiger charge is -2.59. The summed E-state index contributed by atoms with van der Waals surface area (Å²) in [7, 11) is 0. The van der Waals surface area contributed by atoms with Crippen molar-refractivity contribution in [3.8, 4) is 0 Å². The van der Waals surface area contributed by atoms with Crippen LogP contribution in [0.2, 0.25) is 0 Å². The Bertz CT molecular complexity index is 749. The van der Waals surface area contributed by atoms with Crippen LogP contribution in [0.1, 0.15) is 40.0 Å². The van der Waals surface area contributed by atoms with Gasteiger partial charge in [0.1, 0.15) is 17.3 Å². The number of carbonyl (C=O) groups excluding carboxylic acids is 3. The van der Waals surface area contributed by atoms with Crippen molar-refractivity contribution in [2.24, 2.45) is 17.8 Å². The average molecular weight is 346 g/mol. The summed E-state index contributed by atoms with van der Waals surface area (Å²) >= 11 is 0. The molecule has 0 radical (unpaired) electrons. The van der Waals surface area contributed by atoms with Crippen LogP contribution in [0.15, 0.2) is 23.5 Å². The summed E-state index contributed by atoms with van der Waals surface area (Å²) in [6, 6.07) is 0. The van der Waals surface area contributed by atoms with Gasteiger partial charge in [-0.2, -0.15) is 0 Å². The Morgan fingerprint density at radius 2 is 1.92 bits per heavy atom. The van der Waals surface area contributed by atoms with Crippen molar-refractivity contribution in [2.75, 3.05) is 0 Å². The minimum absolute atomic E-state index is 0.0371. The SMILES string of the molecule is C[C@H]1CCC(=O)C2=C3O[C@@]4(C)[C@@H](C)C[C@]3(OC2=O)C(/C=C\C1=O)[C@@H]4O. The molecule has 3 aliphatic heterocycles. The molecule has 0 aromatic heterocycles. The van der Waals surface area contributed by atoms with Crippen LogP contribution in [0.5, 0.6) is 0 Å². The summed E-state index contributed by atoms with van der Waals surface area (Å²) in [6.07, 6.45) is 3.07. The first-order valence-corrected chi connectivity index (χ1v) is 8.81. The van der Waals surface area contributed by atoms with Gasteiger partial charge in [0.15, 0.2) is 22.9 Å². The zero-order valence-electron chi connectivity index (χ0n) is 14.6. The lowest BCUT2D eigenvalue weighted by atomic mass is 9.59. The quantitative estimate of drug-likeness (QED) is 0.528. The third-order valence-corrected chi connectivity index (χ3v) is 6.50. The molecule has 6 heteroatoms. The summed E-state index contributed by atoms with van der Waals surface area (Å²) in [5.41, 5.74) is -2.16. The van der Waals surface area contributed by atoms with Gasteiger partial charge in [-0.25, -0.2) is 4.79 Å². The van der Waals surface area contributed by atoms with Gasteiger partial charge in [-0.15, -0.1) is 0 Å². The van der Waals surface area contributed by atoms with Gasteiger partial charge >= 0.3 is 5.97 Å². The summed E-state index contributed by atoms with van der Waals surface area (Å²) in [5.74, 6) is -1.86. The largest absolute Gasteiger partial charge is 0.484 e. The number of aliphatic hydroxyl groups excluding tert-OH is 1. The molecule has 0 amide bonds. The second kappa shape index (κ2) is 5.04. The molecule has 5 rings (SSSR count). The van der Waals surface area contributed by atoms with Crippen molar-refractivity contribution >= 4 is 17.5 Å². The molecule has 1 unspecified atom stereocenters. The molecular weight excluding hydrogens is 324 g/mol. The minimum atomic E-state index is -1.19. The number of hydrogen-bond donors (Lipinski definition) is 1. The molecule has 5 bridgehead atoms. The van der Waals surface area contributed by atoms with E-state index in [0.717, 1.165) is 0 Å². The molecule has 134 valence electrons. The third kappa shape index (κ3) is 1.97. The number of ketones is 2. The van der Waals surface area contributed by atoms with Gasteiger partial charge in [-0.1, -0.05) is 19.9 Å². The lowest BCUT2D eigenvalue weighted by Crippen LogP contribution is -2.69. The van der Waals surface area contributed by atoms with Crippen molar-refractivity contribution in [1.29, 1.82) is 0 Å². The maximum absolute atomic E-state index is 12.7. The van der Waals surface area contributed by atoms with Gasteiger partial charge in [-0.3, -0.25) is 9.59 Å². The third-order valence-electron chi connectivity index (χ3n) is 6.50. The maximum atomic E-state index is 12.7. The van der Waals surface area contributed by atoms with E-state index in [1.165, 1.54) is 6.08 Å². The van der Waals surface area contributed by atoms with Crippen molar-refractivity contribution in [1.82, 2.24) is 0 Å². The molecule has 1 saturated carbocycles. The van der Waals surface area contributed by atoms with Gasteiger partial charge in [-0.05, 0) is 19.4 Å². The monoisotopic (exact) mass is 346 g/mol. The molecule has 1 N–H and O–H groups in total. The van der Waals surface area contributed by atoms with E-state index in [1.54, 1.807) is 19.9 Å². The molecule has 0 aromatic rings. The first-order valence-electron chi connectivity index (χ1n) is 8.81. The van der Waals surface area contributed by atoms with Crippen molar-refractivity contribution in [3.63, 3.8) is 0 Å². The summed E-state index contributed by atoms with van der Waals surface area (Å²) < 4.78 is 11.7. The molecule has 5 aliphatic rings. The Kier molecular flexibility index (Phi) is 3.33. The highest BCUT2D eigenvalue weighted by Crippen LogP contribution is 2.60. The maximum Gasteiger partial charge on any atom is 0.346 e. The van der Waals surface area contributed by atoms with E-state index in [2.05, 4.69) is 0 Å². The van der Waals surface area contributed by atoms with Crippen molar-refractivity contribution in [2.45, 2.75) is 57.3 Å². The number of Topliss-reactive ketones (excluding diaryl/α,β-unsaturated/α-hetero) is 1. The number of aliphatic hydroxyl groups is 1. The number of hydrogen-bond acceptors (Lipinski definition) is 6. The zero-order chi connectivity index (χ0) is 18.1. The Morgan fingerprint density at radius 3 is 2.64 bits per heavy atom. The standard InChI is InChI=1S/C19H22O6/c1-9-4-6-13(21)14-16-19(25-17(14)23)8-10(2)18(3,24-16)15(22)11(19)5-7-12(9)20/h5,7,9-11,15,22H,4,6,8H2,1-3H3/b7-5-/t9-,10-,11?,15-,18-,19-/m0/s1. The predicted octanol–water partition coefficient (Wildman–Crippen LogP) is 1.47. The molecule has 3 fully saturated rings.